The molecule has 0 bridgehead atoms. The third kappa shape index (κ3) is 1.90. The van der Waals surface area contributed by atoms with Gasteiger partial charge in [0.25, 0.3) is 0 Å². The summed E-state index contributed by atoms with van der Waals surface area (Å²) in [6.45, 7) is 0.715. The molecule has 0 radical (unpaired) electrons. The van der Waals surface area contributed by atoms with Crippen LogP contribution in [0.1, 0.15) is 12.0 Å². The van der Waals surface area contributed by atoms with Crippen molar-refractivity contribution in [2.75, 3.05) is 6.54 Å². The maximum Gasteiger partial charge on any atom is 0.0829 e. The van der Waals surface area contributed by atoms with Crippen molar-refractivity contribution in [1.82, 2.24) is 4.98 Å². The number of nitrogens with zero attached hydrogens (tertiary/aromatic N) is 1. The van der Waals surface area contributed by atoms with Gasteiger partial charge in [0.1, 0.15) is 0 Å². The molecule has 2 nitrogen and oxygen atoms in total. The van der Waals surface area contributed by atoms with Crippen LogP contribution in [0.15, 0.2) is 17.6 Å². The molecule has 74 valence electrons. The summed E-state index contributed by atoms with van der Waals surface area (Å²) in [7, 11) is 0. The van der Waals surface area contributed by atoms with Crippen molar-refractivity contribution in [3.05, 3.63) is 28.2 Å². The van der Waals surface area contributed by atoms with E-state index in [1.54, 1.807) is 11.3 Å². The summed E-state index contributed by atoms with van der Waals surface area (Å²) >= 11 is 7.66. The molecule has 0 atom stereocenters. The van der Waals surface area contributed by atoms with Crippen LogP contribution in [0, 0.1) is 0 Å². The van der Waals surface area contributed by atoms with E-state index in [1.807, 2.05) is 17.6 Å². The van der Waals surface area contributed by atoms with Gasteiger partial charge in [0, 0.05) is 5.02 Å². The zero-order valence-electron chi connectivity index (χ0n) is 7.66. The van der Waals surface area contributed by atoms with Gasteiger partial charge in [-0.2, -0.15) is 0 Å². The number of hydrogen-bond donors (Lipinski definition) is 1. The van der Waals surface area contributed by atoms with Crippen LogP contribution in [-0.2, 0) is 6.42 Å². The average Bonchev–Trinajstić information content (AvgIpc) is 2.61. The topological polar surface area (TPSA) is 38.9 Å². The lowest BCUT2D eigenvalue weighted by atomic mass is 10.1. The van der Waals surface area contributed by atoms with Gasteiger partial charge in [-0.05, 0) is 37.1 Å². The number of halogens is 1. The van der Waals surface area contributed by atoms with Crippen molar-refractivity contribution in [2.24, 2.45) is 5.73 Å². The Balaban J connectivity index is 2.44. The van der Waals surface area contributed by atoms with Crippen LogP contribution in [-0.4, -0.2) is 11.5 Å². The average molecular weight is 227 g/mol. The number of thiazole rings is 1. The molecule has 0 unspecified atom stereocenters. The zero-order chi connectivity index (χ0) is 9.97. The molecule has 0 saturated carbocycles. The minimum absolute atomic E-state index is 0.715. The molecule has 2 aromatic rings. The summed E-state index contributed by atoms with van der Waals surface area (Å²) in [5.41, 5.74) is 9.60. The molecule has 1 aromatic heterocycles. The number of hydrogen-bond acceptors (Lipinski definition) is 3. The highest BCUT2D eigenvalue weighted by atomic mass is 35.5. The van der Waals surface area contributed by atoms with Gasteiger partial charge < -0.3 is 5.73 Å². The van der Waals surface area contributed by atoms with E-state index in [0.717, 1.165) is 23.4 Å². The number of aryl methyl sites for hydroxylation is 1. The fraction of sp³-hybridized carbons (Fsp3) is 0.300. The summed E-state index contributed by atoms with van der Waals surface area (Å²) in [6, 6.07) is 3.91. The van der Waals surface area contributed by atoms with Crippen LogP contribution in [0.2, 0.25) is 5.02 Å². The van der Waals surface area contributed by atoms with Gasteiger partial charge in [0.15, 0.2) is 0 Å². The van der Waals surface area contributed by atoms with Crippen molar-refractivity contribution >= 4 is 33.2 Å². The number of nitrogens with two attached hydrogens (primary N) is 1. The Hall–Kier alpha value is -0.640. The minimum atomic E-state index is 0.715. The lowest BCUT2D eigenvalue weighted by molar-refractivity contribution is 0.838. The quantitative estimate of drug-likeness (QED) is 0.874. The summed E-state index contributed by atoms with van der Waals surface area (Å²) in [4.78, 5) is 4.25. The van der Waals surface area contributed by atoms with Crippen LogP contribution in [0.25, 0.3) is 10.2 Å². The molecule has 1 heterocycles. The number of benzene rings is 1. The van der Waals surface area contributed by atoms with Gasteiger partial charge in [-0.25, -0.2) is 4.98 Å². The van der Waals surface area contributed by atoms with Gasteiger partial charge in [0.2, 0.25) is 0 Å². The summed E-state index contributed by atoms with van der Waals surface area (Å²) in [5, 5.41) is 0.760. The van der Waals surface area contributed by atoms with Gasteiger partial charge in [-0.3, -0.25) is 0 Å². The Kier molecular flexibility index (Phi) is 3.01. The zero-order valence-corrected chi connectivity index (χ0v) is 9.24. The van der Waals surface area contributed by atoms with Crippen LogP contribution in [0.4, 0.5) is 0 Å². The molecular formula is C10H11ClN2S. The highest BCUT2D eigenvalue weighted by Gasteiger charge is 2.05. The third-order valence-corrected chi connectivity index (χ3v) is 3.26. The lowest BCUT2D eigenvalue weighted by Gasteiger charge is -2.02. The molecule has 4 heteroatoms. The van der Waals surface area contributed by atoms with E-state index < -0.39 is 0 Å². The second-order valence-electron chi connectivity index (χ2n) is 3.16. The van der Waals surface area contributed by atoms with Gasteiger partial charge >= 0.3 is 0 Å². The second kappa shape index (κ2) is 4.26. The maximum atomic E-state index is 5.99. The standard InChI is InChI=1S/C10H11ClN2S/c11-8-4-7(2-1-3-12)10-9(5-8)13-6-14-10/h4-6H,1-3,12H2. The molecule has 2 N–H and O–H groups in total. The fourth-order valence-corrected chi connectivity index (χ4v) is 2.53. The number of fused-ring (bicyclic) bond motifs is 1. The van der Waals surface area contributed by atoms with Crippen molar-refractivity contribution in [2.45, 2.75) is 12.8 Å². The van der Waals surface area contributed by atoms with Gasteiger partial charge in [-0.1, -0.05) is 11.6 Å². The highest BCUT2D eigenvalue weighted by molar-refractivity contribution is 7.17. The fourth-order valence-electron chi connectivity index (χ4n) is 1.48. The normalized spacial score (nSPS) is 11.0. The summed E-state index contributed by atoms with van der Waals surface area (Å²) in [5.74, 6) is 0. The van der Waals surface area contributed by atoms with E-state index in [1.165, 1.54) is 10.3 Å². The molecule has 0 aliphatic heterocycles. The largest absolute Gasteiger partial charge is 0.330 e. The number of aromatic nitrogens is 1. The molecule has 0 aliphatic carbocycles. The van der Waals surface area contributed by atoms with Crippen molar-refractivity contribution in [3.8, 4) is 0 Å². The first-order chi connectivity index (χ1) is 6.81. The SMILES string of the molecule is NCCCc1cc(Cl)cc2ncsc12. The predicted octanol–water partition coefficient (Wildman–Crippen LogP) is 2.84. The predicted molar refractivity (Wildman–Crippen MR) is 62.0 cm³/mol. The van der Waals surface area contributed by atoms with Gasteiger partial charge in [-0.15, -0.1) is 11.3 Å². The lowest BCUT2D eigenvalue weighted by Crippen LogP contribution is -2.00. The van der Waals surface area contributed by atoms with E-state index in [9.17, 15) is 0 Å². The van der Waals surface area contributed by atoms with E-state index in [-0.39, 0.29) is 0 Å². The molecular weight excluding hydrogens is 216 g/mol. The van der Waals surface area contributed by atoms with E-state index >= 15 is 0 Å². The first-order valence-electron chi connectivity index (χ1n) is 4.53. The number of rotatable bonds is 3. The Morgan fingerprint density at radius 1 is 1.43 bits per heavy atom. The first kappa shape index (κ1) is 9.90. The summed E-state index contributed by atoms with van der Waals surface area (Å²) < 4.78 is 1.24. The smallest absolute Gasteiger partial charge is 0.0829 e. The van der Waals surface area contributed by atoms with Crippen molar-refractivity contribution in [1.29, 1.82) is 0 Å². The molecule has 0 aliphatic rings. The molecule has 2 rings (SSSR count). The second-order valence-corrected chi connectivity index (χ2v) is 4.45. The van der Waals surface area contributed by atoms with E-state index in [4.69, 9.17) is 17.3 Å². The first-order valence-corrected chi connectivity index (χ1v) is 5.78. The van der Waals surface area contributed by atoms with Crippen LogP contribution in [0.3, 0.4) is 0 Å². The molecule has 0 fully saturated rings. The van der Waals surface area contributed by atoms with Crippen LogP contribution >= 0.6 is 22.9 Å². The molecule has 0 saturated heterocycles. The van der Waals surface area contributed by atoms with Gasteiger partial charge in [0.05, 0.1) is 15.7 Å². The van der Waals surface area contributed by atoms with Crippen molar-refractivity contribution < 1.29 is 0 Å². The van der Waals surface area contributed by atoms with E-state index in [2.05, 4.69) is 4.98 Å². The molecule has 1 aromatic carbocycles. The minimum Gasteiger partial charge on any atom is -0.330 e. The summed E-state index contributed by atoms with van der Waals surface area (Å²) in [6.07, 6.45) is 1.98. The molecule has 0 amide bonds. The monoisotopic (exact) mass is 226 g/mol. The maximum absolute atomic E-state index is 5.99. The van der Waals surface area contributed by atoms with Crippen molar-refractivity contribution in [3.63, 3.8) is 0 Å². The highest BCUT2D eigenvalue weighted by Crippen LogP contribution is 2.27. The van der Waals surface area contributed by atoms with Crippen LogP contribution in [0.5, 0.6) is 0 Å². The Bertz CT molecular complexity index is 439. The Morgan fingerprint density at radius 2 is 2.29 bits per heavy atom. The van der Waals surface area contributed by atoms with E-state index in [0.29, 0.717) is 6.54 Å². The molecule has 14 heavy (non-hydrogen) atoms. The Labute approximate surface area is 91.7 Å². The Morgan fingerprint density at radius 3 is 3.07 bits per heavy atom. The third-order valence-electron chi connectivity index (χ3n) is 2.12. The molecule has 0 spiro atoms. The van der Waals surface area contributed by atoms with Crippen LogP contribution < -0.4 is 5.73 Å².